The average molecular weight is 422 g/mol. The monoisotopic (exact) mass is 421 g/mol. The molecule has 1 fully saturated rings. The summed E-state index contributed by atoms with van der Waals surface area (Å²) in [6.07, 6.45) is 18.6. The van der Waals surface area contributed by atoms with Crippen LogP contribution in [0.2, 0.25) is 0 Å². The van der Waals surface area contributed by atoms with Crippen LogP contribution < -0.4 is 4.74 Å². The van der Waals surface area contributed by atoms with Gasteiger partial charge in [0.25, 0.3) is 0 Å². The van der Waals surface area contributed by atoms with E-state index in [0.717, 1.165) is 30.6 Å². The van der Waals surface area contributed by atoms with Gasteiger partial charge in [-0.3, -0.25) is 4.98 Å². The molecule has 170 valence electrons. The van der Waals surface area contributed by atoms with Crippen LogP contribution in [0.4, 0.5) is 0 Å². The summed E-state index contributed by atoms with van der Waals surface area (Å²) in [6.45, 7) is 7.83. The molecule has 0 N–H and O–H groups in total. The summed E-state index contributed by atoms with van der Waals surface area (Å²) < 4.78 is 6.29. The van der Waals surface area contributed by atoms with Crippen LogP contribution >= 0.6 is 0 Å². The molecule has 1 aromatic carbocycles. The largest absolute Gasteiger partial charge is 0.493 e. The molecule has 2 nitrogen and oxygen atoms in total. The molecule has 1 unspecified atom stereocenters. The smallest absolute Gasteiger partial charge is 0.127 e. The molecule has 31 heavy (non-hydrogen) atoms. The number of hydrogen-bond acceptors (Lipinski definition) is 2. The predicted octanol–water partition coefficient (Wildman–Crippen LogP) is 8.81. The topological polar surface area (TPSA) is 22.1 Å². The highest BCUT2D eigenvalue weighted by atomic mass is 16.5. The minimum atomic E-state index is 0.535. The zero-order valence-electron chi connectivity index (χ0n) is 20.1. The van der Waals surface area contributed by atoms with Crippen molar-refractivity contribution in [2.75, 3.05) is 6.61 Å². The Balaban J connectivity index is 1.68. The fraction of sp³-hybridized carbons (Fsp3) is 0.621. The summed E-state index contributed by atoms with van der Waals surface area (Å²) in [7, 11) is 0. The van der Waals surface area contributed by atoms with Crippen LogP contribution in [-0.2, 0) is 0 Å². The van der Waals surface area contributed by atoms with Crippen molar-refractivity contribution in [1.82, 2.24) is 4.98 Å². The molecular formula is C29H43NO. The average Bonchev–Trinajstić information content (AvgIpc) is 2.83. The molecular weight excluding hydrogens is 378 g/mol. The van der Waals surface area contributed by atoms with E-state index in [1.54, 1.807) is 0 Å². The third-order valence-corrected chi connectivity index (χ3v) is 7.45. The van der Waals surface area contributed by atoms with E-state index in [1.807, 2.05) is 6.20 Å². The molecule has 0 saturated heterocycles. The van der Waals surface area contributed by atoms with Gasteiger partial charge in [-0.05, 0) is 60.3 Å². The normalized spacial score (nSPS) is 19.8. The Hall–Kier alpha value is -1.83. The second-order valence-corrected chi connectivity index (χ2v) is 9.55. The van der Waals surface area contributed by atoms with Crippen molar-refractivity contribution in [2.24, 2.45) is 11.8 Å². The van der Waals surface area contributed by atoms with Gasteiger partial charge in [0.1, 0.15) is 5.75 Å². The van der Waals surface area contributed by atoms with Gasteiger partial charge in [-0.15, -0.1) is 0 Å². The molecule has 1 heterocycles. The fourth-order valence-corrected chi connectivity index (χ4v) is 5.24. The van der Waals surface area contributed by atoms with Crippen molar-refractivity contribution < 1.29 is 4.74 Å². The van der Waals surface area contributed by atoms with E-state index in [2.05, 4.69) is 62.3 Å². The first-order chi connectivity index (χ1) is 15.2. The Morgan fingerprint density at radius 1 is 0.903 bits per heavy atom. The molecule has 0 radical (unpaired) electrons. The van der Waals surface area contributed by atoms with Crippen LogP contribution in [-0.4, -0.2) is 11.6 Å². The third kappa shape index (κ3) is 6.82. The SMILES string of the molecule is CCCCCCCCOc1ccccc1-c1ccncc1C(C)C1CCC(CC)CC1. The van der Waals surface area contributed by atoms with Crippen LogP contribution in [0.1, 0.15) is 103 Å². The van der Waals surface area contributed by atoms with Crippen LogP contribution in [0.3, 0.4) is 0 Å². The van der Waals surface area contributed by atoms with Gasteiger partial charge in [-0.25, -0.2) is 0 Å². The lowest BCUT2D eigenvalue weighted by molar-refractivity contribution is 0.244. The number of aromatic nitrogens is 1. The Labute approximate surface area is 190 Å². The summed E-state index contributed by atoms with van der Waals surface area (Å²) >= 11 is 0. The number of rotatable bonds is 12. The van der Waals surface area contributed by atoms with Crippen molar-refractivity contribution >= 4 is 0 Å². The van der Waals surface area contributed by atoms with E-state index < -0.39 is 0 Å². The van der Waals surface area contributed by atoms with E-state index in [-0.39, 0.29) is 0 Å². The number of ether oxygens (including phenoxy) is 1. The number of para-hydroxylation sites is 1. The second kappa shape index (κ2) is 12.9. The highest BCUT2D eigenvalue weighted by molar-refractivity contribution is 5.73. The quantitative estimate of drug-likeness (QED) is 0.319. The highest BCUT2D eigenvalue weighted by Crippen LogP contribution is 2.42. The fourth-order valence-electron chi connectivity index (χ4n) is 5.24. The van der Waals surface area contributed by atoms with E-state index in [1.165, 1.54) is 80.9 Å². The minimum Gasteiger partial charge on any atom is -0.493 e. The summed E-state index contributed by atoms with van der Waals surface area (Å²) in [5.74, 6) is 3.26. The van der Waals surface area contributed by atoms with Crippen molar-refractivity contribution in [3.63, 3.8) is 0 Å². The molecule has 1 atom stereocenters. The first kappa shape index (κ1) is 23.8. The van der Waals surface area contributed by atoms with Gasteiger partial charge in [0.15, 0.2) is 0 Å². The number of benzene rings is 1. The van der Waals surface area contributed by atoms with Crippen molar-refractivity contribution in [3.05, 3.63) is 48.3 Å². The maximum absolute atomic E-state index is 6.29. The van der Waals surface area contributed by atoms with Crippen LogP contribution in [0.5, 0.6) is 5.75 Å². The molecule has 2 aromatic rings. The van der Waals surface area contributed by atoms with Gasteiger partial charge >= 0.3 is 0 Å². The maximum Gasteiger partial charge on any atom is 0.127 e. The molecule has 0 spiro atoms. The van der Waals surface area contributed by atoms with Gasteiger partial charge in [0, 0.05) is 18.0 Å². The number of nitrogens with zero attached hydrogens (tertiary/aromatic N) is 1. The lowest BCUT2D eigenvalue weighted by Crippen LogP contribution is -2.19. The van der Waals surface area contributed by atoms with Gasteiger partial charge in [-0.2, -0.15) is 0 Å². The molecule has 0 aliphatic heterocycles. The standard InChI is InChI=1S/C29H43NO/c1-4-6-7-8-9-12-21-31-29-14-11-10-13-27(29)26-19-20-30-22-28(26)23(3)25-17-15-24(5-2)16-18-25/h10-11,13-14,19-20,22-25H,4-9,12,15-18,21H2,1-3H3. The number of unbranched alkanes of at least 4 members (excludes halogenated alkanes) is 5. The third-order valence-electron chi connectivity index (χ3n) is 7.45. The predicted molar refractivity (Wildman–Crippen MR) is 133 cm³/mol. The van der Waals surface area contributed by atoms with Crippen LogP contribution in [0, 0.1) is 11.8 Å². The Morgan fingerprint density at radius 3 is 2.42 bits per heavy atom. The lowest BCUT2D eigenvalue weighted by Gasteiger charge is -2.33. The number of hydrogen-bond donors (Lipinski definition) is 0. The molecule has 1 saturated carbocycles. The molecule has 1 aromatic heterocycles. The van der Waals surface area contributed by atoms with E-state index >= 15 is 0 Å². The summed E-state index contributed by atoms with van der Waals surface area (Å²) in [6, 6.07) is 10.8. The van der Waals surface area contributed by atoms with Crippen molar-refractivity contribution in [1.29, 1.82) is 0 Å². The highest BCUT2D eigenvalue weighted by Gasteiger charge is 2.27. The summed E-state index contributed by atoms with van der Waals surface area (Å²) in [5.41, 5.74) is 3.91. The molecule has 3 rings (SSSR count). The van der Waals surface area contributed by atoms with Crippen molar-refractivity contribution in [3.8, 4) is 16.9 Å². The Kier molecular flexibility index (Phi) is 9.90. The molecule has 0 amide bonds. The van der Waals surface area contributed by atoms with Crippen LogP contribution in [0.25, 0.3) is 11.1 Å². The van der Waals surface area contributed by atoms with Gasteiger partial charge in [-0.1, -0.05) is 90.3 Å². The first-order valence-corrected chi connectivity index (χ1v) is 12.9. The zero-order valence-corrected chi connectivity index (χ0v) is 20.1. The minimum absolute atomic E-state index is 0.535. The second-order valence-electron chi connectivity index (χ2n) is 9.55. The molecule has 0 bridgehead atoms. The Morgan fingerprint density at radius 2 is 1.65 bits per heavy atom. The first-order valence-electron chi connectivity index (χ1n) is 12.9. The van der Waals surface area contributed by atoms with E-state index in [9.17, 15) is 0 Å². The van der Waals surface area contributed by atoms with E-state index in [4.69, 9.17) is 4.74 Å². The molecule has 1 aliphatic rings. The number of pyridine rings is 1. The zero-order chi connectivity index (χ0) is 21.9. The maximum atomic E-state index is 6.29. The van der Waals surface area contributed by atoms with Gasteiger partial charge in [0.05, 0.1) is 6.61 Å². The van der Waals surface area contributed by atoms with Crippen LogP contribution in [0.15, 0.2) is 42.7 Å². The molecule has 2 heteroatoms. The Bertz CT molecular complexity index is 763. The van der Waals surface area contributed by atoms with Gasteiger partial charge in [0.2, 0.25) is 0 Å². The molecule has 1 aliphatic carbocycles. The van der Waals surface area contributed by atoms with Gasteiger partial charge < -0.3 is 4.74 Å². The van der Waals surface area contributed by atoms with E-state index in [0.29, 0.717) is 5.92 Å². The summed E-state index contributed by atoms with van der Waals surface area (Å²) in [5, 5.41) is 0. The lowest BCUT2D eigenvalue weighted by atomic mass is 9.73. The summed E-state index contributed by atoms with van der Waals surface area (Å²) in [4.78, 5) is 4.52. The van der Waals surface area contributed by atoms with Crippen molar-refractivity contribution in [2.45, 2.75) is 97.3 Å².